The maximum Gasteiger partial charge on any atom is 0.184 e. The number of hydrogen-bond acceptors (Lipinski definition) is 3. The summed E-state index contributed by atoms with van der Waals surface area (Å²) >= 11 is 0. The van der Waals surface area contributed by atoms with Crippen LogP contribution in [0, 0.1) is 28.6 Å². The average molecular weight is 316 g/mol. The van der Waals surface area contributed by atoms with Crippen molar-refractivity contribution in [2.75, 3.05) is 0 Å². The van der Waals surface area contributed by atoms with Crippen molar-refractivity contribution in [3.63, 3.8) is 0 Å². The first-order valence-corrected chi connectivity index (χ1v) is 9.17. The van der Waals surface area contributed by atoms with Gasteiger partial charge in [0.2, 0.25) is 0 Å². The normalized spacial score (nSPS) is 51.0. The van der Waals surface area contributed by atoms with Gasteiger partial charge in [0.1, 0.15) is 0 Å². The van der Waals surface area contributed by atoms with Crippen molar-refractivity contribution in [2.45, 2.75) is 64.9 Å². The number of ketones is 1. The van der Waals surface area contributed by atoms with E-state index >= 15 is 0 Å². The Hall–Kier alpha value is -1.09. The van der Waals surface area contributed by atoms with Crippen LogP contribution >= 0.6 is 0 Å². The third kappa shape index (κ3) is 1.95. The minimum atomic E-state index is -0.140. The van der Waals surface area contributed by atoms with Crippen molar-refractivity contribution >= 4 is 5.78 Å². The molecule has 3 fully saturated rings. The van der Waals surface area contributed by atoms with E-state index in [0.717, 1.165) is 44.8 Å². The lowest BCUT2D eigenvalue weighted by Gasteiger charge is -2.57. The van der Waals surface area contributed by atoms with Crippen molar-refractivity contribution < 1.29 is 15.0 Å². The monoisotopic (exact) mass is 316 g/mol. The zero-order chi connectivity index (χ0) is 16.4. The number of rotatable bonds is 0. The van der Waals surface area contributed by atoms with Gasteiger partial charge in [-0.2, -0.15) is 0 Å². The summed E-state index contributed by atoms with van der Waals surface area (Å²) in [5.74, 6) is 1.85. The topological polar surface area (TPSA) is 57.5 Å². The van der Waals surface area contributed by atoms with Gasteiger partial charge >= 0.3 is 0 Å². The Balaban J connectivity index is 1.71. The van der Waals surface area contributed by atoms with Crippen LogP contribution in [-0.4, -0.2) is 22.1 Å². The van der Waals surface area contributed by atoms with Gasteiger partial charge in [-0.1, -0.05) is 19.4 Å². The molecule has 6 atom stereocenters. The number of aliphatic hydroxyl groups excluding tert-OH is 2. The van der Waals surface area contributed by atoms with E-state index < -0.39 is 0 Å². The molecule has 0 aromatic rings. The summed E-state index contributed by atoms with van der Waals surface area (Å²) in [5.41, 5.74) is 1.98. The van der Waals surface area contributed by atoms with Gasteiger partial charge in [0.25, 0.3) is 0 Å². The van der Waals surface area contributed by atoms with E-state index in [1.54, 1.807) is 6.08 Å². The molecule has 0 bridgehead atoms. The predicted molar refractivity (Wildman–Crippen MR) is 88.8 cm³/mol. The van der Waals surface area contributed by atoms with Gasteiger partial charge in [-0.25, -0.2) is 0 Å². The molecule has 0 saturated heterocycles. The molecule has 3 heteroatoms. The second-order valence-electron chi connectivity index (χ2n) is 8.84. The van der Waals surface area contributed by atoms with Crippen molar-refractivity contribution in [1.29, 1.82) is 0 Å². The Morgan fingerprint density at radius 3 is 2.70 bits per heavy atom. The van der Waals surface area contributed by atoms with Crippen molar-refractivity contribution in [3.8, 4) is 0 Å². The van der Waals surface area contributed by atoms with Crippen LogP contribution in [0.1, 0.15) is 58.8 Å². The smallest absolute Gasteiger partial charge is 0.184 e. The van der Waals surface area contributed by atoms with Gasteiger partial charge in [0.15, 0.2) is 5.78 Å². The molecule has 23 heavy (non-hydrogen) atoms. The molecule has 0 aromatic carbocycles. The molecule has 2 N–H and O–H groups in total. The highest BCUT2D eigenvalue weighted by Crippen LogP contribution is 2.65. The molecule has 0 aromatic heterocycles. The highest BCUT2D eigenvalue weighted by atomic mass is 16.3. The van der Waals surface area contributed by atoms with Gasteiger partial charge in [-0.3, -0.25) is 4.79 Å². The van der Waals surface area contributed by atoms with E-state index in [1.165, 1.54) is 5.57 Å². The summed E-state index contributed by atoms with van der Waals surface area (Å²) in [4.78, 5) is 12.1. The van der Waals surface area contributed by atoms with Crippen LogP contribution in [-0.2, 0) is 4.79 Å². The quantitative estimate of drug-likeness (QED) is 0.526. The lowest BCUT2D eigenvalue weighted by molar-refractivity contribution is -0.113. The second-order valence-corrected chi connectivity index (χ2v) is 8.84. The fourth-order valence-corrected chi connectivity index (χ4v) is 6.62. The molecule has 3 nitrogen and oxygen atoms in total. The third-order valence-electron chi connectivity index (χ3n) is 8.02. The highest BCUT2D eigenvalue weighted by molar-refractivity contribution is 6.05. The van der Waals surface area contributed by atoms with E-state index in [9.17, 15) is 15.0 Å². The molecule has 126 valence electrons. The van der Waals surface area contributed by atoms with Gasteiger partial charge < -0.3 is 10.2 Å². The van der Waals surface area contributed by atoms with Crippen LogP contribution in [0.25, 0.3) is 0 Å². The number of carbonyl (C=O) groups excluding carboxylic acids is 1. The zero-order valence-electron chi connectivity index (χ0n) is 14.2. The summed E-state index contributed by atoms with van der Waals surface area (Å²) in [5, 5.41) is 19.9. The SMILES string of the molecule is CC12CC(=CO)C(=O)C=C1CCC1C2CCC2(C)C(O)CCC12. The minimum Gasteiger partial charge on any atom is -0.515 e. The molecule has 0 spiro atoms. The fourth-order valence-electron chi connectivity index (χ4n) is 6.62. The van der Waals surface area contributed by atoms with E-state index in [0.29, 0.717) is 29.7 Å². The Morgan fingerprint density at radius 1 is 1.17 bits per heavy atom. The largest absolute Gasteiger partial charge is 0.515 e. The predicted octanol–water partition coefficient (Wildman–Crippen LogP) is 3.93. The minimum absolute atomic E-state index is 0.00430. The van der Waals surface area contributed by atoms with Gasteiger partial charge in [-0.05, 0) is 79.6 Å². The lowest BCUT2D eigenvalue weighted by atomic mass is 9.47. The highest BCUT2D eigenvalue weighted by Gasteiger charge is 2.59. The van der Waals surface area contributed by atoms with Crippen LogP contribution in [0.5, 0.6) is 0 Å². The molecular weight excluding hydrogens is 288 g/mol. The van der Waals surface area contributed by atoms with Gasteiger partial charge in [-0.15, -0.1) is 0 Å². The van der Waals surface area contributed by atoms with E-state index in [1.807, 2.05) is 0 Å². The van der Waals surface area contributed by atoms with Crippen LogP contribution in [0.15, 0.2) is 23.5 Å². The van der Waals surface area contributed by atoms with Gasteiger partial charge in [0, 0.05) is 5.57 Å². The van der Waals surface area contributed by atoms with Crippen LogP contribution in [0.2, 0.25) is 0 Å². The number of allylic oxidation sites excluding steroid dienone is 2. The number of carbonyl (C=O) groups is 1. The Morgan fingerprint density at radius 2 is 1.96 bits per heavy atom. The maximum atomic E-state index is 12.1. The number of fused-ring (bicyclic) bond motifs is 5. The van der Waals surface area contributed by atoms with Crippen molar-refractivity contribution in [1.82, 2.24) is 0 Å². The summed E-state index contributed by atoms with van der Waals surface area (Å²) in [6.07, 6.45) is 9.86. The van der Waals surface area contributed by atoms with E-state index in [4.69, 9.17) is 0 Å². The summed E-state index contributed by atoms with van der Waals surface area (Å²) in [7, 11) is 0. The van der Waals surface area contributed by atoms with Crippen LogP contribution in [0.4, 0.5) is 0 Å². The van der Waals surface area contributed by atoms with E-state index in [2.05, 4.69) is 13.8 Å². The Kier molecular flexibility index (Phi) is 3.32. The van der Waals surface area contributed by atoms with Crippen LogP contribution in [0.3, 0.4) is 0 Å². The molecule has 0 radical (unpaired) electrons. The Bertz CT molecular complexity index is 604. The molecule has 3 saturated carbocycles. The van der Waals surface area contributed by atoms with Crippen LogP contribution < -0.4 is 0 Å². The lowest BCUT2D eigenvalue weighted by Crippen LogP contribution is -2.51. The van der Waals surface area contributed by atoms with E-state index in [-0.39, 0.29) is 22.7 Å². The maximum absolute atomic E-state index is 12.1. The molecule has 4 rings (SSSR count). The average Bonchev–Trinajstić information content (AvgIpc) is 2.83. The second kappa shape index (κ2) is 4.95. The molecular formula is C20H28O3. The van der Waals surface area contributed by atoms with Gasteiger partial charge in [0.05, 0.1) is 12.4 Å². The summed E-state index contributed by atoms with van der Waals surface area (Å²) in [6.45, 7) is 4.60. The molecule has 6 unspecified atom stereocenters. The first-order chi connectivity index (χ1) is 10.9. The standard InChI is InChI=1S/C20H28O3/c1-19-8-7-16-14(15(19)5-6-18(19)23)4-3-13-9-17(22)12(11-21)10-20(13,16)2/h9,11,14-16,18,21,23H,3-8,10H2,1-2H3. The molecule has 4 aliphatic carbocycles. The molecule has 0 aliphatic heterocycles. The first kappa shape index (κ1) is 15.4. The molecule has 0 heterocycles. The molecule has 4 aliphatic rings. The molecule has 0 amide bonds. The van der Waals surface area contributed by atoms with Crippen molar-refractivity contribution in [2.24, 2.45) is 28.6 Å². The number of aliphatic hydroxyl groups is 2. The number of hydrogen-bond donors (Lipinski definition) is 2. The Labute approximate surface area is 138 Å². The summed E-state index contributed by atoms with van der Waals surface area (Å²) < 4.78 is 0. The fraction of sp³-hybridized carbons (Fsp3) is 0.750. The first-order valence-electron chi connectivity index (χ1n) is 9.17. The summed E-state index contributed by atoms with van der Waals surface area (Å²) in [6, 6.07) is 0. The van der Waals surface area contributed by atoms with Crippen molar-refractivity contribution in [3.05, 3.63) is 23.5 Å². The zero-order valence-corrected chi connectivity index (χ0v) is 14.2. The third-order valence-corrected chi connectivity index (χ3v) is 8.02.